The van der Waals surface area contributed by atoms with Crippen molar-refractivity contribution in [3.63, 3.8) is 0 Å². The molecular weight excluding hydrogens is 252 g/mol. The van der Waals surface area contributed by atoms with E-state index in [0.29, 0.717) is 31.1 Å². The molecule has 1 rings (SSSR count). The van der Waals surface area contributed by atoms with E-state index in [2.05, 4.69) is 20.4 Å². The van der Waals surface area contributed by atoms with Gasteiger partial charge < -0.3 is 9.47 Å². The van der Waals surface area contributed by atoms with Crippen molar-refractivity contribution in [2.24, 2.45) is 5.92 Å². The SMILES string of the molecule is C=C(C[C@@H](OCc1ccccc1)C(C)C)C(=O)OCC. The van der Waals surface area contributed by atoms with E-state index in [9.17, 15) is 4.79 Å². The van der Waals surface area contributed by atoms with E-state index >= 15 is 0 Å². The van der Waals surface area contributed by atoms with Gasteiger partial charge >= 0.3 is 5.97 Å². The predicted molar refractivity (Wildman–Crippen MR) is 80.2 cm³/mol. The van der Waals surface area contributed by atoms with Crippen LogP contribution in [-0.2, 0) is 20.9 Å². The van der Waals surface area contributed by atoms with Gasteiger partial charge in [0, 0.05) is 12.0 Å². The van der Waals surface area contributed by atoms with E-state index in [1.807, 2.05) is 30.3 Å². The van der Waals surface area contributed by atoms with Gasteiger partial charge in [-0.05, 0) is 18.4 Å². The van der Waals surface area contributed by atoms with Crippen LogP contribution >= 0.6 is 0 Å². The summed E-state index contributed by atoms with van der Waals surface area (Å²) < 4.78 is 10.9. The van der Waals surface area contributed by atoms with Crippen LogP contribution in [0.4, 0.5) is 0 Å². The Hall–Kier alpha value is -1.61. The van der Waals surface area contributed by atoms with Gasteiger partial charge in [0.05, 0.1) is 19.3 Å². The van der Waals surface area contributed by atoms with Gasteiger partial charge in [0.2, 0.25) is 0 Å². The van der Waals surface area contributed by atoms with Gasteiger partial charge in [-0.3, -0.25) is 0 Å². The van der Waals surface area contributed by atoms with Crippen molar-refractivity contribution in [3.8, 4) is 0 Å². The fourth-order valence-electron chi connectivity index (χ4n) is 1.82. The molecule has 110 valence electrons. The fourth-order valence-corrected chi connectivity index (χ4v) is 1.82. The molecule has 1 aromatic rings. The first kappa shape index (κ1) is 16.4. The van der Waals surface area contributed by atoms with Crippen LogP contribution in [0.5, 0.6) is 0 Å². The third-order valence-corrected chi connectivity index (χ3v) is 3.06. The highest BCUT2D eigenvalue weighted by Gasteiger charge is 2.19. The molecule has 1 aromatic carbocycles. The van der Waals surface area contributed by atoms with Crippen molar-refractivity contribution in [2.45, 2.75) is 39.9 Å². The van der Waals surface area contributed by atoms with Crippen molar-refractivity contribution in [2.75, 3.05) is 6.61 Å². The average Bonchev–Trinajstić information content (AvgIpc) is 2.44. The largest absolute Gasteiger partial charge is 0.463 e. The molecule has 0 saturated heterocycles. The lowest BCUT2D eigenvalue weighted by molar-refractivity contribution is -0.139. The van der Waals surface area contributed by atoms with Crippen LogP contribution < -0.4 is 0 Å². The summed E-state index contributed by atoms with van der Waals surface area (Å²) >= 11 is 0. The van der Waals surface area contributed by atoms with Crippen LogP contribution in [0.25, 0.3) is 0 Å². The quantitative estimate of drug-likeness (QED) is 0.536. The number of hydrogen-bond donors (Lipinski definition) is 0. The molecule has 20 heavy (non-hydrogen) atoms. The lowest BCUT2D eigenvalue weighted by Gasteiger charge is -2.22. The Balaban J connectivity index is 2.52. The topological polar surface area (TPSA) is 35.5 Å². The van der Waals surface area contributed by atoms with Crippen LogP contribution in [0.2, 0.25) is 0 Å². The van der Waals surface area contributed by atoms with Gasteiger partial charge in [0.25, 0.3) is 0 Å². The summed E-state index contributed by atoms with van der Waals surface area (Å²) in [5.74, 6) is -0.0219. The summed E-state index contributed by atoms with van der Waals surface area (Å²) in [6.07, 6.45) is 0.468. The highest BCUT2D eigenvalue weighted by molar-refractivity contribution is 5.87. The van der Waals surface area contributed by atoms with Gasteiger partial charge in [0.15, 0.2) is 0 Å². The van der Waals surface area contributed by atoms with Crippen molar-refractivity contribution < 1.29 is 14.3 Å². The van der Waals surface area contributed by atoms with E-state index in [0.717, 1.165) is 5.56 Å². The normalized spacial score (nSPS) is 12.2. The number of benzene rings is 1. The first-order valence-corrected chi connectivity index (χ1v) is 7.05. The van der Waals surface area contributed by atoms with Crippen LogP contribution in [0, 0.1) is 5.92 Å². The molecule has 0 spiro atoms. The Kier molecular flexibility index (Phi) is 7.02. The molecule has 0 bridgehead atoms. The van der Waals surface area contributed by atoms with Crippen molar-refractivity contribution >= 4 is 5.97 Å². The molecule has 0 aliphatic rings. The molecule has 3 heteroatoms. The Morgan fingerprint density at radius 3 is 2.45 bits per heavy atom. The zero-order valence-corrected chi connectivity index (χ0v) is 12.6. The Morgan fingerprint density at radius 1 is 1.25 bits per heavy atom. The molecule has 0 amide bonds. The molecule has 0 fully saturated rings. The number of rotatable bonds is 8. The Morgan fingerprint density at radius 2 is 1.90 bits per heavy atom. The summed E-state index contributed by atoms with van der Waals surface area (Å²) in [5.41, 5.74) is 1.60. The first-order valence-electron chi connectivity index (χ1n) is 7.05. The predicted octanol–water partition coefficient (Wildman–Crippen LogP) is 3.74. The summed E-state index contributed by atoms with van der Waals surface area (Å²) in [7, 11) is 0. The van der Waals surface area contributed by atoms with E-state index in [1.54, 1.807) is 6.92 Å². The molecule has 0 aromatic heterocycles. The van der Waals surface area contributed by atoms with E-state index in [4.69, 9.17) is 9.47 Å². The summed E-state index contributed by atoms with van der Waals surface area (Å²) in [6.45, 7) is 10.7. The van der Waals surface area contributed by atoms with Gasteiger partial charge in [-0.15, -0.1) is 0 Å². The van der Waals surface area contributed by atoms with Gasteiger partial charge in [0.1, 0.15) is 0 Å². The minimum absolute atomic E-state index is 0.0351. The number of ether oxygens (including phenoxy) is 2. The number of carbonyl (C=O) groups is 1. The molecular formula is C17H24O3. The van der Waals surface area contributed by atoms with E-state index < -0.39 is 0 Å². The molecule has 0 N–H and O–H groups in total. The van der Waals surface area contributed by atoms with Crippen molar-refractivity contribution in [1.82, 2.24) is 0 Å². The number of esters is 1. The number of carbonyl (C=O) groups excluding carboxylic acids is 1. The number of hydrogen-bond acceptors (Lipinski definition) is 3. The van der Waals surface area contributed by atoms with Crippen LogP contribution in [-0.4, -0.2) is 18.7 Å². The Labute approximate surface area is 121 Å². The molecule has 0 aliphatic heterocycles. The monoisotopic (exact) mass is 276 g/mol. The summed E-state index contributed by atoms with van der Waals surface area (Å²) in [6, 6.07) is 10.0. The van der Waals surface area contributed by atoms with Crippen molar-refractivity contribution in [3.05, 3.63) is 48.0 Å². The third-order valence-electron chi connectivity index (χ3n) is 3.06. The second-order valence-electron chi connectivity index (χ2n) is 5.11. The maximum absolute atomic E-state index is 11.6. The molecule has 3 nitrogen and oxygen atoms in total. The molecule has 1 atom stereocenters. The maximum Gasteiger partial charge on any atom is 0.333 e. The van der Waals surface area contributed by atoms with Gasteiger partial charge in [-0.2, -0.15) is 0 Å². The standard InChI is InChI=1S/C17H24O3/c1-5-19-17(18)14(4)11-16(13(2)3)20-12-15-9-7-6-8-10-15/h6-10,13,16H,4-5,11-12H2,1-3H3/t16-/m1/s1. The minimum Gasteiger partial charge on any atom is -0.463 e. The molecule has 0 saturated carbocycles. The molecule has 0 unspecified atom stereocenters. The van der Waals surface area contributed by atoms with Crippen LogP contribution in [0.1, 0.15) is 32.8 Å². The summed E-state index contributed by atoms with van der Waals surface area (Å²) in [5, 5.41) is 0. The lowest BCUT2D eigenvalue weighted by atomic mass is 10.00. The second kappa shape index (κ2) is 8.54. The first-order chi connectivity index (χ1) is 9.54. The average molecular weight is 276 g/mol. The van der Waals surface area contributed by atoms with Crippen molar-refractivity contribution in [1.29, 1.82) is 0 Å². The molecule has 0 aliphatic carbocycles. The maximum atomic E-state index is 11.6. The fraction of sp³-hybridized carbons (Fsp3) is 0.471. The van der Waals surface area contributed by atoms with Crippen LogP contribution in [0.3, 0.4) is 0 Å². The molecule has 0 radical (unpaired) electrons. The molecule has 0 heterocycles. The van der Waals surface area contributed by atoms with E-state index in [1.165, 1.54) is 0 Å². The highest BCUT2D eigenvalue weighted by atomic mass is 16.5. The van der Waals surface area contributed by atoms with Gasteiger partial charge in [-0.1, -0.05) is 50.8 Å². The minimum atomic E-state index is -0.332. The zero-order valence-electron chi connectivity index (χ0n) is 12.6. The third kappa shape index (κ3) is 5.57. The smallest absolute Gasteiger partial charge is 0.333 e. The Bertz CT molecular complexity index is 423. The summed E-state index contributed by atoms with van der Waals surface area (Å²) in [4.78, 5) is 11.6. The van der Waals surface area contributed by atoms with E-state index in [-0.39, 0.29) is 12.1 Å². The highest BCUT2D eigenvalue weighted by Crippen LogP contribution is 2.18. The lowest BCUT2D eigenvalue weighted by Crippen LogP contribution is -2.23. The van der Waals surface area contributed by atoms with Gasteiger partial charge in [-0.25, -0.2) is 4.79 Å². The zero-order chi connectivity index (χ0) is 15.0. The van der Waals surface area contributed by atoms with Crippen LogP contribution in [0.15, 0.2) is 42.5 Å². The second-order valence-corrected chi connectivity index (χ2v) is 5.11.